The number of ether oxygens (including phenoxy) is 2. The van der Waals surface area contributed by atoms with Crippen molar-refractivity contribution in [2.24, 2.45) is 0 Å². The number of aromatic nitrogens is 2. The minimum atomic E-state index is -0.670. The molecular weight excluding hydrogens is 360 g/mol. The third-order valence-corrected chi connectivity index (χ3v) is 4.06. The number of benzene rings is 2. The van der Waals surface area contributed by atoms with Crippen molar-refractivity contribution in [2.45, 2.75) is 19.9 Å². The van der Waals surface area contributed by atoms with E-state index in [9.17, 15) is 14.4 Å². The van der Waals surface area contributed by atoms with E-state index in [4.69, 9.17) is 9.47 Å². The lowest BCUT2D eigenvalue weighted by Gasteiger charge is -2.10. The number of esters is 2. The van der Waals surface area contributed by atoms with Crippen molar-refractivity contribution in [1.82, 2.24) is 9.78 Å². The van der Waals surface area contributed by atoms with Gasteiger partial charge in [-0.2, -0.15) is 5.10 Å². The molecule has 0 aliphatic rings. The summed E-state index contributed by atoms with van der Waals surface area (Å²) in [5.74, 6) is -1.16. The summed E-state index contributed by atoms with van der Waals surface area (Å²) in [4.78, 5) is 36.8. The van der Waals surface area contributed by atoms with Gasteiger partial charge in [0.2, 0.25) is 0 Å². The van der Waals surface area contributed by atoms with Crippen molar-refractivity contribution in [3.8, 4) is 0 Å². The molecule has 0 aliphatic carbocycles. The van der Waals surface area contributed by atoms with Gasteiger partial charge in [-0.15, -0.1) is 0 Å². The van der Waals surface area contributed by atoms with Gasteiger partial charge in [-0.25, -0.2) is 14.3 Å². The topological polar surface area (TPSA) is 87.5 Å². The number of nitrogens with zero attached hydrogens (tertiary/aromatic N) is 2. The first-order chi connectivity index (χ1) is 13.6. The second-order valence-electron chi connectivity index (χ2n) is 6.06. The van der Waals surface area contributed by atoms with Crippen LogP contribution in [0.3, 0.4) is 0 Å². The zero-order valence-corrected chi connectivity index (χ0v) is 15.5. The predicted octanol–water partition coefficient (Wildman–Crippen LogP) is 2.82. The third kappa shape index (κ3) is 4.25. The highest BCUT2D eigenvalue weighted by Gasteiger charge is 2.18. The van der Waals surface area contributed by atoms with E-state index in [1.807, 2.05) is 6.92 Å². The molecule has 0 bridgehead atoms. The number of aryl methyl sites for hydroxylation is 1. The van der Waals surface area contributed by atoms with E-state index in [0.717, 1.165) is 0 Å². The zero-order chi connectivity index (χ0) is 19.9. The van der Waals surface area contributed by atoms with Gasteiger partial charge >= 0.3 is 11.9 Å². The first-order valence-electron chi connectivity index (χ1n) is 9.01. The van der Waals surface area contributed by atoms with E-state index >= 15 is 0 Å². The fraction of sp³-hybridized carbons (Fsp3) is 0.238. The maximum absolute atomic E-state index is 12.5. The summed E-state index contributed by atoms with van der Waals surface area (Å²) >= 11 is 0. The molecule has 0 saturated carbocycles. The van der Waals surface area contributed by atoms with Crippen LogP contribution in [0.1, 0.15) is 34.2 Å². The molecule has 3 rings (SSSR count). The largest absolute Gasteiger partial charge is 0.458 e. The summed E-state index contributed by atoms with van der Waals surface area (Å²) in [6.45, 7) is 2.13. The smallest absolute Gasteiger partial charge is 0.359 e. The Labute approximate surface area is 161 Å². The van der Waals surface area contributed by atoms with Crippen LogP contribution in [0.25, 0.3) is 10.8 Å². The monoisotopic (exact) mass is 380 g/mol. The van der Waals surface area contributed by atoms with E-state index in [-0.39, 0.29) is 24.5 Å². The Morgan fingerprint density at radius 2 is 1.50 bits per heavy atom. The van der Waals surface area contributed by atoms with Crippen LogP contribution >= 0.6 is 0 Å². The van der Waals surface area contributed by atoms with Gasteiger partial charge in [0, 0.05) is 11.9 Å². The van der Waals surface area contributed by atoms with Gasteiger partial charge in [-0.3, -0.25) is 4.79 Å². The Hall–Kier alpha value is -3.48. The molecule has 0 fully saturated rings. The minimum Gasteiger partial charge on any atom is -0.458 e. The maximum Gasteiger partial charge on any atom is 0.359 e. The second kappa shape index (κ2) is 8.94. The first-order valence-corrected chi connectivity index (χ1v) is 9.01. The van der Waals surface area contributed by atoms with Gasteiger partial charge in [0.1, 0.15) is 13.2 Å². The molecule has 2 aromatic carbocycles. The average molecular weight is 380 g/mol. The quantitative estimate of drug-likeness (QED) is 0.463. The maximum atomic E-state index is 12.5. The van der Waals surface area contributed by atoms with Crippen molar-refractivity contribution in [3.63, 3.8) is 0 Å². The van der Waals surface area contributed by atoms with Crippen LogP contribution in [0.2, 0.25) is 0 Å². The van der Waals surface area contributed by atoms with Gasteiger partial charge in [0.15, 0.2) is 5.69 Å². The Bertz CT molecular complexity index is 1040. The molecule has 0 N–H and O–H groups in total. The Morgan fingerprint density at radius 3 is 2.18 bits per heavy atom. The van der Waals surface area contributed by atoms with Crippen LogP contribution in [-0.4, -0.2) is 34.9 Å². The van der Waals surface area contributed by atoms with E-state index in [2.05, 4.69) is 5.10 Å². The number of fused-ring (bicyclic) bond motifs is 1. The van der Waals surface area contributed by atoms with Crippen LogP contribution in [0.15, 0.2) is 59.4 Å². The molecule has 3 aromatic rings. The van der Waals surface area contributed by atoms with Gasteiger partial charge < -0.3 is 9.47 Å². The number of carbonyl (C=O) groups is 2. The lowest BCUT2D eigenvalue weighted by atomic mass is 10.1. The lowest BCUT2D eigenvalue weighted by Crippen LogP contribution is -2.26. The molecule has 7 nitrogen and oxygen atoms in total. The van der Waals surface area contributed by atoms with E-state index in [1.54, 1.807) is 54.6 Å². The van der Waals surface area contributed by atoms with E-state index in [0.29, 0.717) is 29.3 Å². The van der Waals surface area contributed by atoms with Crippen LogP contribution in [0.5, 0.6) is 0 Å². The highest BCUT2D eigenvalue weighted by atomic mass is 16.6. The summed E-state index contributed by atoms with van der Waals surface area (Å²) in [5.41, 5.74) is 0.247. The molecule has 0 saturated heterocycles. The van der Waals surface area contributed by atoms with Crippen LogP contribution < -0.4 is 5.56 Å². The van der Waals surface area contributed by atoms with E-state index < -0.39 is 11.9 Å². The fourth-order valence-corrected chi connectivity index (χ4v) is 2.74. The van der Waals surface area contributed by atoms with Gasteiger partial charge in [-0.05, 0) is 24.6 Å². The highest BCUT2D eigenvalue weighted by molar-refractivity contribution is 6.02. The summed E-state index contributed by atoms with van der Waals surface area (Å²) < 4.78 is 11.6. The lowest BCUT2D eigenvalue weighted by molar-refractivity contribution is 0.0262. The summed E-state index contributed by atoms with van der Waals surface area (Å²) in [6.07, 6.45) is 0.704. The average Bonchev–Trinajstić information content (AvgIpc) is 2.73. The molecule has 0 atom stereocenters. The fourth-order valence-electron chi connectivity index (χ4n) is 2.74. The Balaban J connectivity index is 1.69. The van der Waals surface area contributed by atoms with Crippen LogP contribution in [-0.2, 0) is 16.0 Å². The normalized spacial score (nSPS) is 10.6. The van der Waals surface area contributed by atoms with Crippen LogP contribution in [0, 0.1) is 0 Å². The van der Waals surface area contributed by atoms with Crippen molar-refractivity contribution in [1.29, 1.82) is 0 Å². The minimum absolute atomic E-state index is 0.0676. The Kier molecular flexibility index (Phi) is 6.16. The Morgan fingerprint density at radius 1 is 0.893 bits per heavy atom. The molecule has 1 aromatic heterocycles. The SMILES string of the molecule is CCCn1nc(C(=O)OCCOC(=O)c2ccccc2)c2ccccc2c1=O. The molecule has 0 unspecified atom stereocenters. The first kappa shape index (κ1) is 19.3. The van der Waals surface area contributed by atoms with Gasteiger partial charge in [0.05, 0.1) is 10.9 Å². The van der Waals surface area contributed by atoms with Crippen molar-refractivity contribution < 1.29 is 19.1 Å². The number of rotatable bonds is 7. The van der Waals surface area contributed by atoms with E-state index in [1.165, 1.54) is 4.68 Å². The van der Waals surface area contributed by atoms with Gasteiger partial charge in [0.25, 0.3) is 5.56 Å². The van der Waals surface area contributed by atoms with Crippen molar-refractivity contribution in [3.05, 3.63) is 76.2 Å². The van der Waals surface area contributed by atoms with Gasteiger partial charge in [-0.1, -0.05) is 43.3 Å². The molecule has 7 heteroatoms. The molecule has 0 spiro atoms. The zero-order valence-electron chi connectivity index (χ0n) is 15.5. The predicted molar refractivity (Wildman–Crippen MR) is 103 cm³/mol. The molecule has 144 valence electrons. The summed E-state index contributed by atoms with van der Waals surface area (Å²) in [6, 6.07) is 15.3. The third-order valence-electron chi connectivity index (χ3n) is 4.06. The number of carbonyl (C=O) groups excluding carboxylic acids is 2. The second-order valence-corrected chi connectivity index (χ2v) is 6.06. The summed E-state index contributed by atoms with van der Waals surface area (Å²) in [7, 11) is 0. The molecule has 0 amide bonds. The highest BCUT2D eigenvalue weighted by Crippen LogP contribution is 2.14. The van der Waals surface area contributed by atoms with Crippen molar-refractivity contribution >= 4 is 22.7 Å². The number of hydrogen-bond donors (Lipinski definition) is 0. The molecule has 1 heterocycles. The molecule has 28 heavy (non-hydrogen) atoms. The van der Waals surface area contributed by atoms with Crippen LogP contribution in [0.4, 0.5) is 0 Å². The molecular formula is C21H20N2O5. The summed E-state index contributed by atoms with van der Waals surface area (Å²) in [5, 5.41) is 5.02. The van der Waals surface area contributed by atoms with Crippen molar-refractivity contribution in [2.75, 3.05) is 13.2 Å². The molecule has 0 aliphatic heterocycles. The standard InChI is InChI=1S/C21H20N2O5/c1-2-12-23-19(24)17-11-7-6-10-16(17)18(22-23)21(26)28-14-13-27-20(25)15-8-4-3-5-9-15/h3-11H,2,12-14H2,1H3. The number of hydrogen-bond acceptors (Lipinski definition) is 6. The molecule has 0 radical (unpaired) electrons.